The Hall–Kier alpha value is -1.50. The fourth-order valence-corrected chi connectivity index (χ4v) is 9.69. The molecule has 6 heteroatoms. The molecule has 6 nitrogen and oxygen atoms in total. The molecule has 34 heavy (non-hydrogen) atoms. The van der Waals surface area contributed by atoms with Crippen LogP contribution in [-0.2, 0) is 19.1 Å². The van der Waals surface area contributed by atoms with Crippen molar-refractivity contribution in [1.82, 2.24) is 0 Å². The molecule has 2 heterocycles. The molecule has 0 bridgehead atoms. The van der Waals surface area contributed by atoms with Crippen LogP contribution in [0.4, 0.5) is 0 Å². The molecule has 4 fully saturated rings. The standard InChI is InChI=1S/C28H38O6/c1-14-11-21(33-25(32)17(14)13-29)15(2)18-5-6-19-16-12-24-28(34-24)23(31)8-7-22(30)27(28,4)20(16)9-10-26(18,19)3/h7-8,15-16,18-21,23-24,29,31H,5-6,9-13H2,1-4H3/t15-,16-,18?,19?,20-,21+,23-,24+,26+,27-,28+/m0/s1. The van der Waals surface area contributed by atoms with E-state index in [1.54, 1.807) is 12.2 Å². The summed E-state index contributed by atoms with van der Waals surface area (Å²) in [5.41, 5.74) is 0.129. The summed E-state index contributed by atoms with van der Waals surface area (Å²) in [4.78, 5) is 25.8. The smallest absolute Gasteiger partial charge is 0.336 e. The Kier molecular flexibility index (Phi) is 4.90. The van der Waals surface area contributed by atoms with E-state index in [0.29, 0.717) is 29.7 Å². The van der Waals surface area contributed by atoms with Crippen molar-refractivity contribution < 1.29 is 29.3 Å². The van der Waals surface area contributed by atoms with E-state index in [1.807, 2.05) is 6.92 Å². The molecule has 0 radical (unpaired) electrons. The second kappa shape index (κ2) is 7.27. The molecule has 1 spiro atoms. The predicted molar refractivity (Wildman–Crippen MR) is 124 cm³/mol. The van der Waals surface area contributed by atoms with Gasteiger partial charge in [0.25, 0.3) is 0 Å². The number of esters is 1. The van der Waals surface area contributed by atoms with Crippen molar-refractivity contribution in [3.05, 3.63) is 23.3 Å². The first-order valence-electron chi connectivity index (χ1n) is 13.2. The fourth-order valence-electron chi connectivity index (χ4n) is 9.69. The second-order valence-electron chi connectivity index (χ2n) is 12.5. The molecule has 2 aliphatic heterocycles. The lowest BCUT2D eigenvalue weighted by Crippen LogP contribution is -2.63. The average Bonchev–Trinajstić information content (AvgIpc) is 3.43. The number of ketones is 1. The van der Waals surface area contributed by atoms with Gasteiger partial charge in [-0.3, -0.25) is 4.79 Å². The molecule has 0 amide bonds. The van der Waals surface area contributed by atoms with E-state index < -0.39 is 17.1 Å². The third-order valence-corrected chi connectivity index (χ3v) is 11.6. The minimum Gasteiger partial charge on any atom is -0.458 e. The molecular formula is C28H38O6. The molecule has 6 rings (SSSR count). The van der Waals surface area contributed by atoms with Crippen LogP contribution in [0, 0.1) is 40.4 Å². The number of hydrogen-bond acceptors (Lipinski definition) is 6. The summed E-state index contributed by atoms with van der Waals surface area (Å²) >= 11 is 0. The Morgan fingerprint density at radius 3 is 2.65 bits per heavy atom. The maximum Gasteiger partial charge on any atom is 0.336 e. The zero-order valence-electron chi connectivity index (χ0n) is 20.8. The summed E-state index contributed by atoms with van der Waals surface area (Å²) in [5.74, 6) is 1.61. The second-order valence-corrected chi connectivity index (χ2v) is 12.5. The van der Waals surface area contributed by atoms with Gasteiger partial charge in [-0.25, -0.2) is 4.79 Å². The number of rotatable bonds is 3. The van der Waals surface area contributed by atoms with Crippen molar-refractivity contribution in [3.8, 4) is 0 Å². The number of fused-ring (bicyclic) bond motifs is 4. The van der Waals surface area contributed by atoms with Gasteiger partial charge in [-0.15, -0.1) is 0 Å². The number of allylic oxidation sites excluding steroid dienone is 1. The zero-order valence-corrected chi connectivity index (χ0v) is 20.8. The van der Waals surface area contributed by atoms with Crippen molar-refractivity contribution in [3.63, 3.8) is 0 Å². The highest BCUT2D eigenvalue weighted by atomic mass is 16.6. The predicted octanol–water partition coefficient (Wildman–Crippen LogP) is 3.35. The number of aliphatic hydroxyl groups is 2. The Bertz CT molecular complexity index is 999. The van der Waals surface area contributed by atoms with Crippen molar-refractivity contribution in [2.24, 2.45) is 40.4 Å². The maximum atomic E-state index is 13.3. The number of cyclic esters (lactones) is 1. The number of carbonyl (C=O) groups is 2. The van der Waals surface area contributed by atoms with E-state index in [9.17, 15) is 19.8 Å². The molecule has 1 saturated heterocycles. The summed E-state index contributed by atoms with van der Waals surface area (Å²) in [7, 11) is 0. The quantitative estimate of drug-likeness (QED) is 0.485. The molecule has 3 saturated carbocycles. The van der Waals surface area contributed by atoms with Gasteiger partial charge in [0.05, 0.1) is 23.7 Å². The molecule has 0 aromatic carbocycles. The van der Waals surface area contributed by atoms with E-state index >= 15 is 0 Å². The van der Waals surface area contributed by atoms with E-state index in [1.165, 1.54) is 0 Å². The molecule has 0 aromatic rings. The summed E-state index contributed by atoms with van der Waals surface area (Å²) in [6, 6.07) is 0. The summed E-state index contributed by atoms with van der Waals surface area (Å²) < 4.78 is 12.1. The van der Waals surface area contributed by atoms with Crippen LogP contribution in [0.15, 0.2) is 23.3 Å². The van der Waals surface area contributed by atoms with Gasteiger partial charge in [-0.1, -0.05) is 19.4 Å². The number of epoxide rings is 1. The van der Waals surface area contributed by atoms with Crippen LogP contribution in [0.1, 0.15) is 66.2 Å². The zero-order chi connectivity index (χ0) is 24.2. The van der Waals surface area contributed by atoms with Gasteiger partial charge in [0, 0.05) is 6.42 Å². The summed E-state index contributed by atoms with van der Waals surface area (Å²) in [5, 5.41) is 20.4. The van der Waals surface area contributed by atoms with Crippen molar-refractivity contribution in [2.45, 2.75) is 90.1 Å². The van der Waals surface area contributed by atoms with Gasteiger partial charge >= 0.3 is 5.97 Å². The van der Waals surface area contributed by atoms with Crippen LogP contribution in [0.3, 0.4) is 0 Å². The van der Waals surface area contributed by atoms with Gasteiger partial charge in [0.2, 0.25) is 0 Å². The lowest BCUT2D eigenvalue weighted by Gasteiger charge is -2.58. The lowest BCUT2D eigenvalue weighted by atomic mass is 9.44. The molecule has 2 unspecified atom stereocenters. The van der Waals surface area contributed by atoms with Gasteiger partial charge in [-0.05, 0) is 93.1 Å². The van der Waals surface area contributed by atoms with Crippen LogP contribution in [-0.4, -0.2) is 52.5 Å². The van der Waals surface area contributed by atoms with Gasteiger partial charge < -0.3 is 19.7 Å². The maximum absolute atomic E-state index is 13.3. The highest BCUT2D eigenvalue weighted by molar-refractivity contribution is 5.98. The van der Waals surface area contributed by atoms with Crippen LogP contribution in [0.2, 0.25) is 0 Å². The first-order chi connectivity index (χ1) is 16.1. The highest BCUT2D eigenvalue weighted by Gasteiger charge is 2.80. The fraction of sp³-hybridized carbons (Fsp3) is 0.786. The van der Waals surface area contributed by atoms with Crippen LogP contribution in [0.5, 0.6) is 0 Å². The van der Waals surface area contributed by atoms with E-state index in [-0.39, 0.29) is 47.8 Å². The normalized spacial score (nSPS) is 52.4. The minimum atomic E-state index is -0.719. The molecule has 11 atom stereocenters. The Labute approximate surface area is 201 Å². The first-order valence-corrected chi connectivity index (χ1v) is 13.2. The van der Waals surface area contributed by atoms with Gasteiger partial charge in [0.1, 0.15) is 17.8 Å². The molecule has 0 aromatic heterocycles. The Morgan fingerprint density at radius 2 is 1.94 bits per heavy atom. The number of carbonyl (C=O) groups excluding carboxylic acids is 2. The van der Waals surface area contributed by atoms with Gasteiger partial charge in [0.15, 0.2) is 5.78 Å². The van der Waals surface area contributed by atoms with Crippen LogP contribution < -0.4 is 0 Å². The average molecular weight is 471 g/mol. The monoisotopic (exact) mass is 470 g/mol. The highest BCUT2D eigenvalue weighted by Crippen LogP contribution is 2.73. The molecule has 2 N–H and O–H groups in total. The molecule has 4 aliphatic carbocycles. The number of hydrogen-bond donors (Lipinski definition) is 2. The molecular weight excluding hydrogens is 432 g/mol. The van der Waals surface area contributed by atoms with E-state index in [0.717, 1.165) is 37.7 Å². The summed E-state index contributed by atoms with van der Waals surface area (Å²) in [6.07, 6.45) is 8.23. The largest absolute Gasteiger partial charge is 0.458 e. The van der Waals surface area contributed by atoms with Crippen LogP contribution in [0.25, 0.3) is 0 Å². The van der Waals surface area contributed by atoms with Crippen molar-refractivity contribution in [1.29, 1.82) is 0 Å². The Morgan fingerprint density at radius 1 is 1.18 bits per heavy atom. The number of ether oxygens (including phenoxy) is 2. The SMILES string of the molecule is CC1=C(CO)C(=O)O[C@@H]([C@@H](C)C2CCC3[C@@H]4C[C@H]5O[C@]56[C@@H](O)C=CC(=O)[C@]6(C)[C@H]4CC[C@]23C)C1. The third kappa shape index (κ3) is 2.63. The van der Waals surface area contributed by atoms with Crippen LogP contribution >= 0.6 is 0 Å². The van der Waals surface area contributed by atoms with Gasteiger partial charge in [-0.2, -0.15) is 0 Å². The molecule has 6 aliphatic rings. The Balaban J connectivity index is 1.27. The summed E-state index contributed by atoms with van der Waals surface area (Å²) in [6.45, 7) is 8.41. The topological polar surface area (TPSA) is 96.4 Å². The minimum absolute atomic E-state index is 0.0366. The lowest BCUT2D eigenvalue weighted by molar-refractivity contribution is -0.155. The number of aliphatic hydroxyl groups excluding tert-OH is 2. The first kappa shape index (κ1) is 22.9. The molecule has 186 valence electrons. The van der Waals surface area contributed by atoms with E-state index in [4.69, 9.17) is 9.47 Å². The van der Waals surface area contributed by atoms with Crippen molar-refractivity contribution in [2.75, 3.05) is 6.61 Å². The third-order valence-electron chi connectivity index (χ3n) is 11.6. The van der Waals surface area contributed by atoms with E-state index in [2.05, 4.69) is 20.8 Å². The van der Waals surface area contributed by atoms with Crippen molar-refractivity contribution >= 4 is 11.8 Å².